The molecule has 2 heterocycles. The van der Waals surface area contributed by atoms with E-state index in [2.05, 4.69) is 22.9 Å². The number of carbonyl (C=O) groups is 1. The zero-order valence-electron chi connectivity index (χ0n) is 18.9. The molecule has 0 N–H and O–H groups in total. The van der Waals surface area contributed by atoms with Gasteiger partial charge in [0.05, 0.1) is 23.9 Å². The molecule has 2 aliphatic rings. The van der Waals surface area contributed by atoms with Gasteiger partial charge in [0.2, 0.25) is 0 Å². The zero-order chi connectivity index (χ0) is 22.5. The van der Waals surface area contributed by atoms with Crippen LogP contribution >= 0.6 is 11.6 Å². The number of amides is 1. The minimum atomic E-state index is -0.00305. The van der Waals surface area contributed by atoms with Crippen LogP contribution in [0.3, 0.4) is 0 Å². The molecule has 0 aliphatic carbocycles. The van der Waals surface area contributed by atoms with Crippen molar-refractivity contribution in [1.29, 1.82) is 0 Å². The fourth-order valence-corrected chi connectivity index (χ4v) is 4.83. The lowest BCUT2D eigenvalue weighted by Gasteiger charge is -2.36. The van der Waals surface area contributed by atoms with E-state index in [0.29, 0.717) is 10.8 Å². The first-order chi connectivity index (χ1) is 15.6. The molecule has 2 aliphatic heterocycles. The van der Waals surface area contributed by atoms with E-state index in [4.69, 9.17) is 21.1 Å². The predicted molar refractivity (Wildman–Crippen MR) is 128 cm³/mol. The number of piperazine rings is 1. The topological polar surface area (TPSA) is 45.2 Å². The van der Waals surface area contributed by atoms with Crippen LogP contribution in [0, 0.1) is 0 Å². The van der Waals surface area contributed by atoms with Crippen molar-refractivity contribution < 1.29 is 14.3 Å². The molecule has 2 aromatic carbocycles. The van der Waals surface area contributed by atoms with E-state index in [-0.39, 0.29) is 18.6 Å². The maximum Gasteiger partial charge on any atom is 0.261 e. The molecule has 0 aromatic heterocycles. The van der Waals surface area contributed by atoms with E-state index in [9.17, 15) is 4.79 Å². The van der Waals surface area contributed by atoms with Gasteiger partial charge in [0.1, 0.15) is 11.5 Å². The van der Waals surface area contributed by atoms with Crippen molar-refractivity contribution in [2.45, 2.75) is 25.3 Å². The third kappa shape index (κ3) is 5.13. The van der Waals surface area contributed by atoms with Crippen LogP contribution in [0.5, 0.6) is 11.5 Å². The Morgan fingerprint density at radius 3 is 2.62 bits per heavy atom. The molecule has 4 rings (SSSR count). The molecule has 2 aromatic rings. The third-order valence-corrected chi connectivity index (χ3v) is 6.76. The van der Waals surface area contributed by atoms with Crippen molar-refractivity contribution in [3.63, 3.8) is 0 Å². The second-order valence-electron chi connectivity index (χ2n) is 8.53. The number of hydrogen-bond donors (Lipinski definition) is 0. The number of rotatable bonds is 6. The maximum atomic E-state index is 13.2. The van der Waals surface area contributed by atoms with Gasteiger partial charge in [0.15, 0.2) is 6.61 Å². The number of benzene rings is 2. The maximum absolute atomic E-state index is 13.2. The minimum Gasteiger partial charge on any atom is -0.496 e. The molecule has 7 heteroatoms. The second kappa shape index (κ2) is 10.5. The molecule has 0 saturated carbocycles. The number of methoxy groups -OCH3 is 1. The number of anilines is 1. The number of likely N-dealkylation sites (tertiary alicyclic amines) is 1. The summed E-state index contributed by atoms with van der Waals surface area (Å²) in [6, 6.07) is 13.6. The van der Waals surface area contributed by atoms with E-state index >= 15 is 0 Å². The summed E-state index contributed by atoms with van der Waals surface area (Å²) in [7, 11) is 3.80. The molecule has 0 spiro atoms. The number of nitrogens with zero attached hydrogens (tertiary/aromatic N) is 3. The highest BCUT2D eigenvalue weighted by Gasteiger charge is 2.30. The van der Waals surface area contributed by atoms with Crippen LogP contribution in [0.25, 0.3) is 0 Å². The molecule has 6 nitrogen and oxygen atoms in total. The molecule has 0 bridgehead atoms. The first-order valence-corrected chi connectivity index (χ1v) is 11.7. The van der Waals surface area contributed by atoms with Gasteiger partial charge in [0.25, 0.3) is 5.91 Å². The molecule has 0 radical (unpaired) electrons. The summed E-state index contributed by atoms with van der Waals surface area (Å²) in [6.07, 6.45) is 3.03. The smallest absolute Gasteiger partial charge is 0.261 e. The summed E-state index contributed by atoms with van der Waals surface area (Å²) in [5.74, 6) is 1.49. The second-order valence-corrected chi connectivity index (χ2v) is 8.94. The van der Waals surface area contributed by atoms with Crippen molar-refractivity contribution in [3.05, 3.63) is 53.1 Å². The highest BCUT2D eigenvalue weighted by Crippen LogP contribution is 2.36. The lowest BCUT2D eigenvalue weighted by molar-refractivity contribution is -0.137. The Labute approximate surface area is 195 Å². The molecule has 2 fully saturated rings. The number of ether oxygens (including phenoxy) is 2. The first-order valence-electron chi connectivity index (χ1n) is 11.3. The molecule has 1 amide bonds. The summed E-state index contributed by atoms with van der Waals surface area (Å²) in [5, 5.41) is 0.709. The summed E-state index contributed by atoms with van der Waals surface area (Å²) in [6.45, 7) is 4.59. The van der Waals surface area contributed by atoms with Crippen molar-refractivity contribution in [1.82, 2.24) is 9.80 Å². The fraction of sp³-hybridized carbons (Fsp3) is 0.480. The van der Waals surface area contributed by atoms with Gasteiger partial charge < -0.3 is 24.2 Å². The van der Waals surface area contributed by atoms with E-state index in [1.165, 1.54) is 0 Å². The molecule has 1 atom stereocenters. The van der Waals surface area contributed by atoms with E-state index in [0.717, 1.165) is 69.0 Å². The van der Waals surface area contributed by atoms with Gasteiger partial charge in [-0.05, 0) is 44.5 Å². The van der Waals surface area contributed by atoms with Crippen molar-refractivity contribution >= 4 is 23.2 Å². The number of carbonyl (C=O) groups excluding carboxylic acids is 1. The Morgan fingerprint density at radius 2 is 1.84 bits per heavy atom. The van der Waals surface area contributed by atoms with Crippen molar-refractivity contribution in [3.8, 4) is 11.5 Å². The van der Waals surface area contributed by atoms with Crippen molar-refractivity contribution in [2.75, 3.05) is 58.4 Å². The summed E-state index contributed by atoms with van der Waals surface area (Å²) >= 11 is 6.47. The van der Waals surface area contributed by atoms with Gasteiger partial charge in [-0.1, -0.05) is 29.8 Å². The van der Waals surface area contributed by atoms with Gasteiger partial charge >= 0.3 is 0 Å². The van der Waals surface area contributed by atoms with Crippen LogP contribution in [0.2, 0.25) is 5.02 Å². The van der Waals surface area contributed by atoms with Crippen LogP contribution in [0.15, 0.2) is 42.5 Å². The zero-order valence-corrected chi connectivity index (χ0v) is 19.7. The monoisotopic (exact) mass is 457 g/mol. The Morgan fingerprint density at radius 1 is 1.06 bits per heavy atom. The quantitative estimate of drug-likeness (QED) is 0.649. The average Bonchev–Trinajstić information content (AvgIpc) is 2.84. The fourth-order valence-electron chi connectivity index (χ4n) is 4.60. The molecular formula is C25H32ClN3O3. The Bertz CT molecular complexity index is 930. The number of hydrogen-bond acceptors (Lipinski definition) is 5. The highest BCUT2D eigenvalue weighted by molar-refractivity contribution is 6.33. The Kier molecular flexibility index (Phi) is 7.43. The Hall–Kier alpha value is -2.44. The standard InChI is InChI=1S/C25H32ClN3O3/c1-27-13-15-28(16-14-27)23-17-19(10-11-21(23)26)32-18-25(30)29-12-6-5-8-22(29)20-7-3-4-9-24(20)31-2/h3-4,7,9-11,17,22H,5-6,8,12-16,18H2,1-2H3. The minimum absolute atomic E-state index is 0.00305. The molecular weight excluding hydrogens is 426 g/mol. The molecule has 1 unspecified atom stereocenters. The third-order valence-electron chi connectivity index (χ3n) is 6.44. The van der Waals surface area contributed by atoms with E-state index < -0.39 is 0 Å². The number of likely N-dealkylation sites (N-methyl/N-ethyl adjacent to an activating group) is 1. The van der Waals surface area contributed by atoms with Gasteiger partial charge in [0, 0.05) is 44.4 Å². The first kappa shape index (κ1) is 22.7. The normalized spacial score (nSPS) is 19.7. The summed E-state index contributed by atoms with van der Waals surface area (Å²) < 4.78 is 11.5. The van der Waals surface area contributed by atoms with Gasteiger partial charge in [-0.2, -0.15) is 0 Å². The highest BCUT2D eigenvalue weighted by atomic mass is 35.5. The lowest BCUT2D eigenvalue weighted by atomic mass is 9.94. The molecule has 32 heavy (non-hydrogen) atoms. The van der Waals surface area contributed by atoms with Gasteiger partial charge in [-0.25, -0.2) is 0 Å². The number of piperidine rings is 1. The predicted octanol–water partition coefficient (Wildman–Crippen LogP) is 4.23. The van der Waals surface area contributed by atoms with Gasteiger partial charge in [-0.15, -0.1) is 0 Å². The number of halogens is 1. The largest absolute Gasteiger partial charge is 0.496 e. The van der Waals surface area contributed by atoms with Crippen LogP contribution < -0.4 is 14.4 Å². The SMILES string of the molecule is COc1ccccc1C1CCCCN1C(=O)COc1ccc(Cl)c(N2CCN(C)CC2)c1. The molecule has 2 saturated heterocycles. The van der Waals surface area contributed by atoms with E-state index in [1.807, 2.05) is 41.3 Å². The van der Waals surface area contributed by atoms with Crippen LogP contribution in [-0.4, -0.2) is 69.2 Å². The summed E-state index contributed by atoms with van der Waals surface area (Å²) in [5.41, 5.74) is 2.03. The Balaban J connectivity index is 1.44. The van der Waals surface area contributed by atoms with Gasteiger partial charge in [-0.3, -0.25) is 4.79 Å². The van der Waals surface area contributed by atoms with Crippen LogP contribution in [-0.2, 0) is 4.79 Å². The number of para-hydroxylation sites is 1. The van der Waals surface area contributed by atoms with E-state index in [1.54, 1.807) is 7.11 Å². The van der Waals surface area contributed by atoms with Crippen LogP contribution in [0.1, 0.15) is 30.9 Å². The lowest BCUT2D eigenvalue weighted by Crippen LogP contribution is -2.44. The van der Waals surface area contributed by atoms with Crippen molar-refractivity contribution in [2.24, 2.45) is 0 Å². The van der Waals surface area contributed by atoms with Crippen LogP contribution in [0.4, 0.5) is 5.69 Å². The molecule has 172 valence electrons. The summed E-state index contributed by atoms with van der Waals surface area (Å²) in [4.78, 5) is 19.7. The average molecular weight is 458 g/mol.